The van der Waals surface area contributed by atoms with Crippen molar-refractivity contribution in [3.8, 4) is 0 Å². The lowest BCUT2D eigenvalue weighted by molar-refractivity contribution is -0.433. The van der Waals surface area contributed by atoms with Crippen LogP contribution in [0.4, 0.5) is 13.2 Å². The normalized spacial score (nSPS) is 23.2. The Labute approximate surface area is 110 Å². The monoisotopic (exact) mass is 304 g/mol. The molecule has 1 saturated carbocycles. The van der Waals surface area contributed by atoms with E-state index in [-0.39, 0.29) is 12.8 Å². The molecule has 6 nitrogen and oxygen atoms in total. The first kappa shape index (κ1) is 16.2. The third kappa shape index (κ3) is 3.59. The Morgan fingerprint density at radius 1 is 1.47 bits per heavy atom. The number of hydrogen-bond acceptors (Lipinski definition) is 7. The number of halogens is 3. The van der Waals surface area contributed by atoms with Gasteiger partial charge in [-0.25, -0.2) is 5.26 Å². The molecule has 2 atom stereocenters. The number of rotatable bonds is 5. The van der Waals surface area contributed by atoms with E-state index in [9.17, 15) is 22.8 Å². The van der Waals surface area contributed by atoms with E-state index < -0.39 is 40.8 Å². The molecule has 0 heterocycles. The Morgan fingerprint density at radius 2 is 2.11 bits per heavy atom. The van der Waals surface area contributed by atoms with Gasteiger partial charge in [-0.2, -0.15) is 13.2 Å². The Kier molecular flexibility index (Phi) is 5.18. The smallest absolute Gasteiger partial charge is 0.415 e. The van der Waals surface area contributed by atoms with Crippen LogP contribution < -0.4 is 0 Å². The maximum atomic E-state index is 12.8. The minimum absolute atomic E-state index is 0.171. The highest BCUT2D eigenvalue weighted by Crippen LogP contribution is 2.43. The van der Waals surface area contributed by atoms with Gasteiger partial charge in [-0.05, 0) is 19.8 Å². The SMILES string of the molecule is CC(SOOO)(C(=O)OC1CCCC1=O)C(F)(F)F. The minimum atomic E-state index is -5.02. The summed E-state index contributed by atoms with van der Waals surface area (Å²) in [6, 6.07) is 0. The van der Waals surface area contributed by atoms with Crippen molar-refractivity contribution < 1.29 is 42.1 Å². The Balaban J connectivity index is 2.79. The van der Waals surface area contributed by atoms with E-state index in [0.29, 0.717) is 13.3 Å². The molecule has 10 heteroatoms. The lowest BCUT2D eigenvalue weighted by atomic mass is 10.1. The van der Waals surface area contributed by atoms with Crippen molar-refractivity contribution in [1.29, 1.82) is 0 Å². The lowest BCUT2D eigenvalue weighted by Crippen LogP contribution is -2.49. The van der Waals surface area contributed by atoms with Gasteiger partial charge in [0.2, 0.25) is 4.75 Å². The van der Waals surface area contributed by atoms with E-state index in [1.165, 1.54) is 0 Å². The number of hydrogen-bond donors (Lipinski definition) is 1. The Bertz CT molecular complexity index is 360. The van der Waals surface area contributed by atoms with Crippen LogP contribution in [0.1, 0.15) is 26.2 Å². The van der Waals surface area contributed by atoms with Crippen LogP contribution in [0, 0.1) is 0 Å². The molecule has 0 saturated heterocycles. The topological polar surface area (TPSA) is 82.1 Å². The van der Waals surface area contributed by atoms with Gasteiger partial charge in [0, 0.05) is 6.42 Å². The zero-order chi connectivity index (χ0) is 14.7. The molecule has 19 heavy (non-hydrogen) atoms. The van der Waals surface area contributed by atoms with Crippen molar-refractivity contribution >= 4 is 23.8 Å². The highest BCUT2D eigenvalue weighted by Gasteiger charge is 2.61. The summed E-state index contributed by atoms with van der Waals surface area (Å²) in [4.78, 5) is 22.8. The third-order valence-electron chi connectivity index (χ3n) is 2.66. The molecule has 2 unspecified atom stereocenters. The Morgan fingerprint density at radius 3 is 2.53 bits per heavy atom. The number of carbonyl (C=O) groups excluding carboxylic acids is 2. The summed E-state index contributed by atoms with van der Waals surface area (Å²) >= 11 is -0.460. The van der Waals surface area contributed by atoms with Crippen LogP contribution in [0.5, 0.6) is 0 Å². The van der Waals surface area contributed by atoms with Crippen molar-refractivity contribution in [3.63, 3.8) is 0 Å². The third-order valence-corrected chi connectivity index (χ3v) is 3.52. The summed E-state index contributed by atoms with van der Waals surface area (Å²) in [5, 5.41) is 10.9. The predicted octanol–water partition coefficient (Wildman–Crippen LogP) is 2.04. The summed E-state index contributed by atoms with van der Waals surface area (Å²) < 4.78 is 43.6. The standard InChI is InChI=1S/C9H11F3O6S/c1-8(9(10,11)12,19-18-17-15)7(14)16-6-4-2-3-5(6)13/h6,15H,2-4H2,1H3. The predicted molar refractivity (Wildman–Crippen MR) is 55.6 cm³/mol. The van der Waals surface area contributed by atoms with Gasteiger partial charge in [-0.3, -0.25) is 9.59 Å². The lowest BCUT2D eigenvalue weighted by Gasteiger charge is -2.27. The zero-order valence-corrected chi connectivity index (χ0v) is 10.5. The first-order chi connectivity index (χ1) is 8.72. The van der Waals surface area contributed by atoms with Crippen molar-refractivity contribution in [2.24, 2.45) is 0 Å². The summed E-state index contributed by atoms with van der Waals surface area (Å²) in [6.45, 7) is 0.498. The van der Waals surface area contributed by atoms with Crippen LogP contribution in [0.25, 0.3) is 0 Å². The average molecular weight is 304 g/mol. The van der Waals surface area contributed by atoms with E-state index >= 15 is 0 Å². The number of carbonyl (C=O) groups is 2. The average Bonchev–Trinajstić information content (AvgIpc) is 2.70. The van der Waals surface area contributed by atoms with Crippen molar-refractivity contribution in [2.75, 3.05) is 0 Å². The molecule has 110 valence electrons. The minimum Gasteiger partial charge on any atom is -0.453 e. The summed E-state index contributed by atoms with van der Waals surface area (Å²) in [5.74, 6) is -2.09. The largest absolute Gasteiger partial charge is 0.453 e. The van der Waals surface area contributed by atoms with E-state index in [2.05, 4.69) is 14.1 Å². The molecule has 0 amide bonds. The van der Waals surface area contributed by atoms with Gasteiger partial charge < -0.3 is 4.74 Å². The second kappa shape index (κ2) is 6.07. The fraction of sp³-hybridized carbons (Fsp3) is 0.778. The van der Waals surface area contributed by atoms with Crippen LogP contribution in [-0.4, -0.2) is 34.0 Å². The van der Waals surface area contributed by atoms with Gasteiger partial charge in [-0.1, -0.05) is 5.04 Å². The molecule has 0 spiro atoms. The van der Waals surface area contributed by atoms with E-state index in [0.717, 1.165) is 0 Å². The van der Waals surface area contributed by atoms with Gasteiger partial charge in [-0.15, -0.1) is 4.33 Å². The van der Waals surface area contributed by atoms with Gasteiger partial charge in [0.05, 0.1) is 12.0 Å². The molecule has 1 N–H and O–H groups in total. The van der Waals surface area contributed by atoms with Crippen molar-refractivity contribution in [2.45, 2.75) is 43.2 Å². The summed E-state index contributed by atoms with van der Waals surface area (Å²) in [7, 11) is 0. The van der Waals surface area contributed by atoms with E-state index in [1.54, 1.807) is 0 Å². The van der Waals surface area contributed by atoms with Crippen LogP contribution in [0.2, 0.25) is 0 Å². The first-order valence-corrected chi connectivity index (χ1v) is 5.93. The summed E-state index contributed by atoms with van der Waals surface area (Å²) in [6.07, 6.45) is -5.35. The van der Waals surface area contributed by atoms with Gasteiger partial charge in [0.25, 0.3) is 0 Å². The molecule has 0 aromatic rings. The van der Waals surface area contributed by atoms with Crippen LogP contribution >= 0.6 is 12.0 Å². The second-order valence-corrected chi connectivity index (χ2v) is 5.13. The molecule has 0 aliphatic heterocycles. The Hall–Kier alpha value is -0.840. The number of ketones is 1. The van der Waals surface area contributed by atoms with Gasteiger partial charge in [0.1, 0.15) is 0 Å². The fourth-order valence-corrected chi connectivity index (χ4v) is 1.81. The zero-order valence-electron chi connectivity index (χ0n) is 9.73. The van der Waals surface area contributed by atoms with Gasteiger partial charge >= 0.3 is 12.1 Å². The molecule has 0 aromatic carbocycles. The van der Waals surface area contributed by atoms with Crippen LogP contribution in [0.3, 0.4) is 0 Å². The number of ether oxygens (including phenoxy) is 1. The van der Waals surface area contributed by atoms with Crippen LogP contribution in [0.15, 0.2) is 0 Å². The quantitative estimate of drug-likeness (QED) is 0.360. The van der Waals surface area contributed by atoms with Crippen molar-refractivity contribution in [1.82, 2.24) is 0 Å². The first-order valence-electron chi connectivity index (χ1n) is 5.19. The number of Topliss-reactive ketones (excluding diaryl/α,β-unsaturated/α-hetero) is 1. The molecule has 1 aliphatic carbocycles. The highest BCUT2D eigenvalue weighted by molar-refractivity contribution is 7.96. The molecular weight excluding hydrogens is 293 g/mol. The number of alkyl halides is 3. The fourth-order valence-electron chi connectivity index (χ4n) is 1.43. The maximum Gasteiger partial charge on any atom is 0.415 e. The van der Waals surface area contributed by atoms with Crippen LogP contribution in [-0.2, 0) is 23.7 Å². The maximum absolute atomic E-state index is 12.8. The van der Waals surface area contributed by atoms with E-state index in [4.69, 9.17) is 5.26 Å². The molecular formula is C9H11F3O6S. The molecule has 1 aliphatic rings. The molecule has 1 rings (SSSR count). The van der Waals surface area contributed by atoms with E-state index in [1.807, 2.05) is 0 Å². The summed E-state index contributed by atoms with van der Waals surface area (Å²) in [5.41, 5.74) is 0. The van der Waals surface area contributed by atoms with Crippen molar-refractivity contribution in [3.05, 3.63) is 0 Å². The molecule has 1 fully saturated rings. The second-order valence-electron chi connectivity index (χ2n) is 4.01. The molecule has 0 radical (unpaired) electrons. The number of esters is 1. The van der Waals surface area contributed by atoms with Gasteiger partial charge in [0.15, 0.2) is 11.9 Å². The highest BCUT2D eigenvalue weighted by atomic mass is 32.2. The molecule has 0 bridgehead atoms. The molecule has 0 aromatic heterocycles.